The lowest BCUT2D eigenvalue weighted by atomic mass is 9.87. The van der Waals surface area contributed by atoms with Crippen LogP contribution in [0.25, 0.3) is 0 Å². The van der Waals surface area contributed by atoms with Gasteiger partial charge >= 0.3 is 6.18 Å². The van der Waals surface area contributed by atoms with E-state index >= 15 is 0 Å². The molecule has 2 N–H and O–H groups in total. The molecule has 0 radical (unpaired) electrons. The van der Waals surface area contributed by atoms with Crippen molar-refractivity contribution in [2.75, 3.05) is 14.1 Å². The molecule has 5 heteroatoms. The van der Waals surface area contributed by atoms with Crippen molar-refractivity contribution in [2.45, 2.75) is 31.6 Å². The van der Waals surface area contributed by atoms with Gasteiger partial charge in [-0.2, -0.15) is 13.2 Å². The van der Waals surface area contributed by atoms with Crippen molar-refractivity contribution in [1.82, 2.24) is 4.90 Å². The molecule has 0 aliphatic rings. The molecular weight excluding hydrogens is 241 g/mol. The van der Waals surface area contributed by atoms with Crippen LogP contribution in [-0.2, 0) is 6.18 Å². The van der Waals surface area contributed by atoms with Gasteiger partial charge in [0.15, 0.2) is 0 Å². The van der Waals surface area contributed by atoms with Crippen LogP contribution in [0.2, 0.25) is 0 Å². The standard InChI is InChI=1S/C13H19F3N2/c1-12(2,18(3)4)11(17)9-6-5-7-10(8-9)13(14,15)16/h5-8,11H,17H2,1-4H3. The molecule has 0 fully saturated rings. The summed E-state index contributed by atoms with van der Waals surface area (Å²) in [6.07, 6.45) is -4.34. The molecule has 1 rings (SSSR count). The Morgan fingerprint density at radius 3 is 2.17 bits per heavy atom. The fraction of sp³-hybridized carbons (Fsp3) is 0.538. The van der Waals surface area contributed by atoms with E-state index in [2.05, 4.69) is 0 Å². The number of nitrogens with two attached hydrogens (primary N) is 1. The largest absolute Gasteiger partial charge is 0.416 e. The van der Waals surface area contributed by atoms with Gasteiger partial charge in [-0.15, -0.1) is 0 Å². The molecule has 0 saturated heterocycles. The molecule has 1 unspecified atom stereocenters. The summed E-state index contributed by atoms with van der Waals surface area (Å²) in [6, 6.07) is 4.71. The molecule has 2 nitrogen and oxygen atoms in total. The molecule has 0 aliphatic heterocycles. The maximum Gasteiger partial charge on any atom is 0.416 e. The van der Waals surface area contributed by atoms with Gasteiger partial charge in [0.2, 0.25) is 0 Å². The molecule has 1 atom stereocenters. The average Bonchev–Trinajstić information content (AvgIpc) is 2.26. The summed E-state index contributed by atoms with van der Waals surface area (Å²) in [4.78, 5) is 1.90. The van der Waals surface area contributed by atoms with E-state index < -0.39 is 23.3 Å². The van der Waals surface area contributed by atoms with E-state index in [1.54, 1.807) is 6.07 Å². The van der Waals surface area contributed by atoms with E-state index in [0.717, 1.165) is 12.1 Å². The Kier molecular flexibility index (Phi) is 4.08. The SMILES string of the molecule is CN(C)C(C)(C)C(N)c1cccc(C(F)(F)F)c1. The van der Waals surface area contributed by atoms with E-state index in [4.69, 9.17) is 5.73 Å². The van der Waals surface area contributed by atoms with Crippen molar-refractivity contribution >= 4 is 0 Å². The second-order valence-corrected chi connectivity index (χ2v) is 5.15. The van der Waals surface area contributed by atoms with Crippen molar-refractivity contribution in [3.05, 3.63) is 35.4 Å². The Labute approximate surface area is 106 Å². The fourth-order valence-corrected chi connectivity index (χ4v) is 1.59. The normalized spacial score (nSPS) is 14.9. The first kappa shape index (κ1) is 15.0. The number of halogens is 3. The third kappa shape index (κ3) is 3.03. The first-order valence-electron chi connectivity index (χ1n) is 5.67. The average molecular weight is 260 g/mol. The third-order valence-electron chi connectivity index (χ3n) is 3.49. The number of alkyl halides is 3. The first-order valence-corrected chi connectivity index (χ1v) is 5.67. The van der Waals surface area contributed by atoms with Gasteiger partial charge in [0.1, 0.15) is 0 Å². The van der Waals surface area contributed by atoms with Crippen LogP contribution in [-0.4, -0.2) is 24.5 Å². The van der Waals surface area contributed by atoms with Gasteiger partial charge in [0, 0.05) is 11.6 Å². The van der Waals surface area contributed by atoms with Gasteiger partial charge in [-0.25, -0.2) is 0 Å². The van der Waals surface area contributed by atoms with Gasteiger partial charge in [-0.05, 0) is 45.6 Å². The van der Waals surface area contributed by atoms with Crippen molar-refractivity contribution in [2.24, 2.45) is 5.73 Å². The van der Waals surface area contributed by atoms with Crippen LogP contribution in [0.5, 0.6) is 0 Å². The van der Waals surface area contributed by atoms with Crippen LogP contribution < -0.4 is 5.73 Å². The summed E-state index contributed by atoms with van der Waals surface area (Å²) in [5, 5.41) is 0. The minimum absolute atomic E-state index is 0.426. The molecule has 0 aromatic heterocycles. The molecule has 1 aromatic carbocycles. The highest BCUT2D eigenvalue weighted by Gasteiger charge is 2.33. The molecule has 0 bridgehead atoms. The van der Waals surface area contributed by atoms with E-state index in [1.807, 2.05) is 32.8 Å². The zero-order valence-corrected chi connectivity index (χ0v) is 11.0. The van der Waals surface area contributed by atoms with E-state index in [9.17, 15) is 13.2 Å². The molecule has 0 heterocycles. The number of hydrogen-bond donors (Lipinski definition) is 1. The second-order valence-electron chi connectivity index (χ2n) is 5.15. The zero-order valence-electron chi connectivity index (χ0n) is 11.0. The highest BCUT2D eigenvalue weighted by atomic mass is 19.4. The summed E-state index contributed by atoms with van der Waals surface area (Å²) >= 11 is 0. The number of benzene rings is 1. The minimum atomic E-state index is -4.34. The molecule has 1 aromatic rings. The lowest BCUT2D eigenvalue weighted by Crippen LogP contribution is -2.47. The fourth-order valence-electron chi connectivity index (χ4n) is 1.59. The topological polar surface area (TPSA) is 29.3 Å². The summed E-state index contributed by atoms with van der Waals surface area (Å²) in [5.74, 6) is 0. The lowest BCUT2D eigenvalue weighted by Gasteiger charge is -2.38. The Balaban J connectivity index is 3.12. The zero-order chi connectivity index (χ0) is 14.1. The molecule has 0 saturated carbocycles. The third-order valence-corrected chi connectivity index (χ3v) is 3.49. The maximum atomic E-state index is 12.6. The van der Waals surface area contributed by atoms with Crippen LogP contribution in [0.3, 0.4) is 0 Å². The molecule has 18 heavy (non-hydrogen) atoms. The smallest absolute Gasteiger partial charge is 0.322 e. The van der Waals surface area contributed by atoms with Gasteiger partial charge in [-0.1, -0.05) is 12.1 Å². The molecule has 0 aliphatic carbocycles. The Bertz CT molecular complexity index is 411. The highest BCUT2D eigenvalue weighted by molar-refractivity contribution is 5.29. The van der Waals surface area contributed by atoms with Gasteiger partial charge in [-0.3, -0.25) is 0 Å². The van der Waals surface area contributed by atoms with E-state index in [1.165, 1.54) is 6.07 Å². The second kappa shape index (κ2) is 4.90. The minimum Gasteiger partial charge on any atom is -0.322 e. The van der Waals surface area contributed by atoms with Crippen LogP contribution in [0.4, 0.5) is 13.2 Å². The summed E-state index contributed by atoms with van der Waals surface area (Å²) in [5.41, 5.74) is 5.48. The number of rotatable bonds is 3. The highest BCUT2D eigenvalue weighted by Crippen LogP contribution is 2.33. The molecule has 0 spiro atoms. The van der Waals surface area contributed by atoms with Crippen molar-refractivity contribution in [1.29, 1.82) is 0 Å². The Morgan fingerprint density at radius 2 is 1.72 bits per heavy atom. The number of hydrogen-bond acceptors (Lipinski definition) is 2. The predicted molar refractivity (Wildman–Crippen MR) is 66.1 cm³/mol. The van der Waals surface area contributed by atoms with Gasteiger partial charge in [0.25, 0.3) is 0 Å². The number of nitrogens with zero attached hydrogens (tertiary/aromatic N) is 1. The van der Waals surface area contributed by atoms with Crippen molar-refractivity contribution in [3.63, 3.8) is 0 Å². The molecular formula is C13H19F3N2. The molecule has 102 valence electrons. The van der Waals surface area contributed by atoms with Crippen LogP contribution in [0.1, 0.15) is 31.0 Å². The van der Waals surface area contributed by atoms with Crippen LogP contribution in [0, 0.1) is 0 Å². The quantitative estimate of drug-likeness (QED) is 0.905. The Morgan fingerprint density at radius 1 is 1.17 bits per heavy atom. The van der Waals surface area contributed by atoms with Crippen LogP contribution >= 0.6 is 0 Å². The van der Waals surface area contributed by atoms with Crippen molar-refractivity contribution < 1.29 is 13.2 Å². The summed E-state index contributed by atoms with van der Waals surface area (Å²) in [7, 11) is 3.71. The van der Waals surface area contributed by atoms with E-state index in [-0.39, 0.29) is 0 Å². The Hall–Kier alpha value is -1.07. The van der Waals surface area contributed by atoms with Gasteiger partial charge < -0.3 is 10.6 Å². The molecule has 0 amide bonds. The summed E-state index contributed by atoms with van der Waals surface area (Å²) in [6.45, 7) is 3.80. The van der Waals surface area contributed by atoms with Crippen molar-refractivity contribution in [3.8, 4) is 0 Å². The van der Waals surface area contributed by atoms with Crippen LogP contribution in [0.15, 0.2) is 24.3 Å². The number of likely N-dealkylation sites (N-methyl/N-ethyl adjacent to an activating group) is 1. The predicted octanol–water partition coefficient (Wildman–Crippen LogP) is 3.05. The lowest BCUT2D eigenvalue weighted by molar-refractivity contribution is -0.137. The summed E-state index contributed by atoms with van der Waals surface area (Å²) < 4.78 is 37.9. The van der Waals surface area contributed by atoms with Gasteiger partial charge in [0.05, 0.1) is 5.56 Å². The maximum absolute atomic E-state index is 12.6. The van der Waals surface area contributed by atoms with E-state index in [0.29, 0.717) is 5.56 Å². The monoisotopic (exact) mass is 260 g/mol. The first-order chi connectivity index (χ1) is 8.06.